The van der Waals surface area contributed by atoms with Crippen molar-refractivity contribution in [2.24, 2.45) is 0 Å². The molecule has 0 radical (unpaired) electrons. The zero-order valence-corrected chi connectivity index (χ0v) is 20.7. The van der Waals surface area contributed by atoms with E-state index in [1.807, 2.05) is 36.0 Å². The van der Waals surface area contributed by atoms with E-state index in [9.17, 15) is 4.79 Å². The number of carbonyl (C=O) groups is 1. The average molecular weight is 479 g/mol. The fraction of sp³-hybridized carbons (Fsp3) is 0.423. The Morgan fingerprint density at radius 3 is 2.32 bits per heavy atom. The van der Waals surface area contributed by atoms with Gasteiger partial charge in [-0.2, -0.15) is 0 Å². The number of fused-ring (bicyclic) bond motifs is 3. The smallest absolute Gasteiger partial charge is 0.407 e. The van der Waals surface area contributed by atoms with Gasteiger partial charge in [0.15, 0.2) is 0 Å². The van der Waals surface area contributed by atoms with Crippen LogP contribution in [0.15, 0.2) is 52.9 Å². The lowest BCUT2D eigenvalue weighted by Crippen LogP contribution is -2.34. The zero-order valence-electron chi connectivity index (χ0n) is 19.9. The maximum atomic E-state index is 12.4. The number of hydrogen-bond acceptors (Lipinski definition) is 7. The van der Waals surface area contributed by atoms with E-state index < -0.39 is 6.09 Å². The third-order valence-corrected chi connectivity index (χ3v) is 7.78. The molecule has 1 atom stereocenters. The average Bonchev–Trinajstić information content (AvgIpc) is 3.44. The van der Waals surface area contributed by atoms with Crippen LogP contribution in [-0.2, 0) is 11.2 Å². The molecule has 34 heavy (non-hydrogen) atoms. The first-order chi connectivity index (χ1) is 16.2. The van der Waals surface area contributed by atoms with E-state index in [0.717, 1.165) is 0 Å². The molecule has 178 valence electrons. The topological polar surface area (TPSA) is 89.3 Å². The first kappa shape index (κ1) is 22.9. The third kappa shape index (κ3) is 4.44. The van der Waals surface area contributed by atoms with E-state index in [1.54, 1.807) is 0 Å². The van der Waals surface area contributed by atoms with Crippen LogP contribution in [0, 0.1) is 0 Å². The number of hydrogen-bond donors (Lipinski definition) is 2. The highest BCUT2D eigenvalue weighted by molar-refractivity contribution is 8.02. The van der Waals surface area contributed by atoms with E-state index >= 15 is 0 Å². The fourth-order valence-corrected chi connectivity index (χ4v) is 6.80. The van der Waals surface area contributed by atoms with Crippen LogP contribution in [0.1, 0.15) is 62.6 Å². The molecule has 0 spiro atoms. The van der Waals surface area contributed by atoms with Gasteiger partial charge < -0.3 is 14.5 Å². The number of carbonyl (C=O) groups excluding carboxylic acids is 1. The predicted octanol–water partition coefficient (Wildman–Crippen LogP) is 5.04. The van der Waals surface area contributed by atoms with Gasteiger partial charge in [0.25, 0.3) is 0 Å². The summed E-state index contributed by atoms with van der Waals surface area (Å²) in [5, 5.41) is 14.8. The standard InChI is InChI=1S/C26H30N4O3S/c1-25(2)22(28-26(3,4)34-25)23-30-29-21(33-23)13-14-27-24(31)32-15-20-18-11-7-5-9-16(18)17-10-6-8-12-19(17)20/h5-12,20,22,28H,13-15H2,1-4H3,(H,27,31)/t22-/m1/s1. The van der Waals surface area contributed by atoms with E-state index in [2.05, 4.69) is 72.8 Å². The van der Waals surface area contributed by atoms with E-state index in [1.165, 1.54) is 22.3 Å². The molecule has 1 saturated heterocycles. The molecular weight excluding hydrogens is 448 g/mol. The van der Waals surface area contributed by atoms with Crippen LogP contribution in [-0.4, -0.2) is 39.1 Å². The van der Waals surface area contributed by atoms with E-state index in [4.69, 9.17) is 9.15 Å². The quantitative estimate of drug-likeness (QED) is 0.513. The SMILES string of the molecule is CC1(C)N[C@H](c2nnc(CCNC(=O)OCC3c4ccccc4-c4ccccc43)o2)C(C)(C)S1. The molecule has 5 rings (SSSR count). The van der Waals surface area contributed by atoms with Crippen molar-refractivity contribution in [2.45, 2.75) is 55.7 Å². The number of aromatic nitrogens is 2. The summed E-state index contributed by atoms with van der Waals surface area (Å²) in [6.45, 7) is 9.30. The van der Waals surface area contributed by atoms with Crippen LogP contribution >= 0.6 is 11.8 Å². The molecule has 0 saturated carbocycles. The third-order valence-electron chi connectivity index (χ3n) is 6.39. The van der Waals surface area contributed by atoms with Crippen molar-refractivity contribution in [1.82, 2.24) is 20.8 Å². The molecule has 1 aromatic heterocycles. The molecule has 1 amide bonds. The number of amides is 1. The van der Waals surface area contributed by atoms with Crippen molar-refractivity contribution in [2.75, 3.05) is 13.2 Å². The fourth-order valence-electron chi connectivity index (χ4n) is 5.03. The Morgan fingerprint density at radius 1 is 1.06 bits per heavy atom. The first-order valence-corrected chi connectivity index (χ1v) is 12.4. The summed E-state index contributed by atoms with van der Waals surface area (Å²) in [6.07, 6.45) is -0.000661. The molecule has 0 bridgehead atoms. The second-order valence-electron chi connectivity index (χ2n) is 9.83. The molecule has 2 heterocycles. The van der Waals surface area contributed by atoms with Gasteiger partial charge in [-0.15, -0.1) is 22.0 Å². The highest BCUT2D eigenvalue weighted by Crippen LogP contribution is 2.50. The minimum atomic E-state index is -0.446. The van der Waals surface area contributed by atoms with Crippen LogP contribution in [0.3, 0.4) is 0 Å². The minimum Gasteiger partial charge on any atom is -0.449 e. The largest absolute Gasteiger partial charge is 0.449 e. The predicted molar refractivity (Wildman–Crippen MR) is 133 cm³/mol. The molecule has 0 unspecified atom stereocenters. The number of ether oxygens (including phenoxy) is 1. The maximum absolute atomic E-state index is 12.4. The highest BCUT2D eigenvalue weighted by Gasteiger charge is 2.48. The minimum absolute atomic E-state index is 0.0242. The maximum Gasteiger partial charge on any atom is 0.407 e. The van der Waals surface area contributed by atoms with Gasteiger partial charge in [0.2, 0.25) is 11.8 Å². The summed E-state index contributed by atoms with van der Waals surface area (Å²) >= 11 is 1.85. The zero-order chi connectivity index (χ0) is 23.9. The van der Waals surface area contributed by atoms with Crippen LogP contribution in [0.4, 0.5) is 4.79 Å². The lowest BCUT2D eigenvalue weighted by Gasteiger charge is -2.22. The second-order valence-corrected chi connectivity index (χ2v) is 12.1. The monoisotopic (exact) mass is 478 g/mol. The Hall–Kier alpha value is -2.84. The van der Waals surface area contributed by atoms with Gasteiger partial charge in [0.05, 0.1) is 4.87 Å². The molecular formula is C26H30N4O3S. The van der Waals surface area contributed by atoms with Crippen molar-refractivity contribution < 1.29 is 13.9 Å². The van der Waals surface area contributed by atoms with Crippen molar-refractivity contribution in [1.29, 1.82) is 0 Å². The summed E-state index contributed by atoms with van der Waals surface area (Å²) in [7, 11) is 0. The summed E-state index contributed by atoms with van der Waals surface area (Å²) in [5.74, 6) is 1.13. The number of alkyl carbamates (subject to hydrolysis) is 1. The number of thioether (sulfide) groups is 1. The molecule has 1 fully saturated rings. The van der Waals surface area contributed by atoms with E-state index in [-0.39, 0.29) is 21.6 Å². The molecule has 2 N–H and O–H groups in total. The summed E-state index contributed by atoms with van der Waals surface area (Å²) in [6, 6.07) is 16.6. The molecule has 2 aliphatic rings. The van der Waals surface area contributed by atoms with Gasteiger partial charge in [-0.3, -0.25) is 5.32 Å². The van der Waals surface area contributed by atoms with Crippen molar-refractivity contribution in [3.8, 4) is 11.1 Å². The van der Waals surface area contributed by atoms with Gasteiger partial charge in [-0.25, -0.2) is 4.79 Å². The Bertz CT molecular complexity index is 1160. The molecule has 1 aliphatic heterocycles. The Balaban J connectivity index is 1.14. The molecule has 2 aromatic carbocycles. The first-order valence-electron chi connectivity index (χ1n) is 11.6. The molecule has 7 nitrogen and oxygen atoms in total. The lowest BCUT2D eigenvalue weighted by atomic mass is 9.98. The Labute approximate surface area is 204 Å². The van der Waals surface area contributed by atoms with Crippen LogP contribution in [0.2, 0.25) is 0 Å². The van der Waals surface area contributed by atoms with Crippen LogP contribution in [0.5, 0.6) is 0 Å². The van der Waals surface area contributed by atoms with Gasteiger partial charge in [-0.1, -0.05) is 48.5 Å². The second kappa shape index (κ2) is 8.74. The summed E-state index contributed by atoms with van der Waals surface area (Å²) in [4.78, 5) is 12.3. The molecule has 1 aliphatic carbocycles. The Morgan fingerprint density at radius 2 is 1.71 bits per heavy atom. The van der Waals surface area contributed by atoms with Gasteiger partial charge in [0, 0.05) is 23.6 Å². The van der Waals surface area contributed by atoms with Crippen molar-refractivity contribution >= 4 is 17.9 Å². The van der Waals surface area contributed by atoms with Crippen LogP contribution < -0.4 is 10.6 Å². The van der Waals surface area contributed by atoms with Gasteiger partial charge >= 0.3 is 6.09 Å². The number of nitrogens with one attached hydrogen (secondary N) is 2. The van der Waals surface area contributed by atoms with Crippen molar-refractivity contribution in [3.63, 3.8) is 0 Å². The van der Waals surface area contributed by atoms with Gasteiger partial charge in [0.1, 0.15) is 12.6 Å². The van der Waals surface area contributed by atoms with Crippen LogP contribution in [0.25, 0.3) is 11.1 Å². The number of nitrogens with zero attached hydrogens (tertiary/aromatic N) is 2. The number of rotatable bonds is 6. The lowest BCUT2D eigenvalue weighted by molar-refractivity contribution is 0.143. The molecule has 3 aromatic rings. The summed E-state index contributed by atoms with van der Waals surface area (Å²) < 4.78 is 11.4. The van der Waals surface area contributed by atoms with Gasteiger partial charge in [-0.05, 0) is 49.9 Å². The number of benzene rings is 2. The van der Waals surface area contributed by atoms with Crippen molar-refractivity contribution in [3.05, 3.63) is 71.4 Å². The molecule has 8 heteroatoms. The summed E-state index contributed by atoms with van der Waals surface area (Å²) in [5.41, 5.74) is 4.81. The van der Waals surface area contributed by atoms with E-state index in [0.29, 0.717) is 31.4 Å². The highest BCUT2D eigenvalue weighted by atomic mass is 32.2. The Kier molecular flexibility index (Phi) is 5.90. The normalized spacial score (nSPS) is 20.1.